The molecule has 0 aliphatic carbocycles. The van der Waals surface area contributed by atoms with E-state index in [0.29, 0.717) is 6.04 Å². The van der Waals surface area contributed by atoms with E-state index in [0.717, 1.165) is 30.0 Å². The topological polar surface area (TPSA) is 42.7 Å². The quantitative estimate of drug-likeness (QED) is 0.851. The van der Waals surface area contributed by atoms with Gasteiger partial charge in [-0.1, -0.05) is 6.92 Å². The number of hydrogen-bond donors (Lipinski definition) is 1. The Bertz CT molecular complexity index is 475. The Morgan fingerprint density at radius 1 is 1.50 bits per heavy atom. The molecule has 0 radical (unpaired) electrons. The fraction of sp³-hybridized carbons (Fsp3) is 0.500. The number of aromatic nitrogens is 3. The first-order chi connectivity index (χ1) is 7.72. The minimum Gasteiger partial charge on any atom is -0.329 e. The van der Waals surface area contributed by atoms with Gasteiger partial charge in [-0.3, -0.25) is 0 Å². The first kappa shape index (κ1) is 11.1. The minimum atomic E-state index is 0.521. The standard InChI is InChI=1S/C12H18N4/c1-4-9(2)14-8-11-15-12-10(16(11)3)6-5-7-13-12/h5-7,9,14H,4,8H2,1-3H3. The number of imidazole rings is 1. The molecule has 2 rings (SSSR count). The highest BCUT2D eigenvalue weighted by molar-refractivity contribution is 5.71. The number of fused-ring (bicyclic) bond motifs is 1. The van der Waals surface area contributed by atoms with Crippen molar-refractivity contribution in [1.82, 2.24) is 19.9 Å². The Kier molecular flexibility index (Phi) is 3.19. The Hall–Kier alpha value is -1.42. The van der Waals surface area contributed by atoms with Gasteiger partial charge < -0.3 is 9.88 Å². The third-order valence-corrected chi connectivity index (χ3v) is 2.97. The van der Waals surface area contributed by atoms with Crippen molar-refractivity contribution in [3.8, 4) is 0 Å². The van der Waals surface area contributed by atoms with Crippen molar-refractivity contribution in [3.05, 3.63) is 24.2 Å². The van der Waals surface area contributed by atoms with Gasteiger partial charge in [-0.25, -0.2) is 9.97 Å². The lowest BCUT2D eigenvalue weighted by atomic mass is 10.2. The molecule has 16 heavy (non-hydrogen) atoms. The Labute approximate surface area is 95.7 Å². The average molecular weight is 218 g/mol. The fourth-order valence-electron chi connectivity index (χ4n) is 1.64. The summed E-state index contributed by atoms with van der Waals surface area (Å²) < 4.78 is 2.09. The lowest BCUT2D eigenvalue weighted by Gasteiger charge is -2.10. The van der Waals surface area contributed by atoms with Gasteiger partial charge in [0.15, 0.2) is 5.65 Å². The van der Waals surface area contributed by atoms with Gasteiger partial charge in [-0.2, -0.15) is 0 Å². The van der Waals surface area contributed by atoms with E-state index in [2.05, 4.69) is 33.7 Å². The first-order valence-corrected chi connectivity index (χ1v) is 5.72. The van der Waals surface area contributed by atoms with Crippen LogP contribution in [-0.2, 0) is 13.6 Å². The van der Waals surface area contributed by atoms with E-state index in [4.69, 9.17) is 0 Å². The molecule has 0 aromatic carbocycles. The predicted octanol–water partition coefficient (Wildman–Crippen LogP) is 1.86. The Morgan fingerprint density at radius 2 is 2.31 bits per heavy atom. The summed E-state index contributed by atoms with van der Waals surface area (Å²) in [5.41, 5.74) is 1.91. The second-order valence-corrected chi connectivity index (χ2v) is 4.12. The van der Waals surface area contributed by atoms with Gasteiger partial charge in [0, 0.05) is 19.3 Å². The molecule has 0 saturated carbocycles. The number of pyridine rings is 1. The largest absolute Gasteiger partial charge is 0.329 e. The van der Waals surface area contributed by atoms with Gasteiger partial charge in [0.2, 0.25) is 0 Å². The van der Waals surface area contributed by atoms with Crippen LogP contribution in [0.5, 0.6) is 0 Å². The van der Waals surface area contributed by atoms with Crippen LogP contribution < -0.4 is 5.32 Å². The number of aryl methyl sites for hydroxylation is 1. The van der Waals surface area contributed by atoms with Crippen LogP contribution in [-0.4, -0.2) is 20.6 Å². The predicted molar refractivity (Wildman–Crippen MR) is 65.1 cm³/mol. The molecule has 0 spiro atoms. The Balaban J connectivity index is 2.21. The summed E-state index contributed by atoms with van der Waals surface area (Å²) in [5.74, 6) is 1.04. The third-order valence-electron chi connectivity index (χ3n) is 2.97. The van der Waals surface area contributed by atoms with Crippen LogP contribution >= 0.6 is 0 Å². The highest BCUT2D eigenvalue weighted by Gasteiger charge is 2.08. The molecule has 0 fully saturated rings. The summed E-state index contributed by atoms with van der Waals surface area (Å²) >= 11 is 0. The molecule has 0 saturated heterocycles. The van der Waals surface area contributed by atoms with E-state index in [9.17, 15) is 0 Å². The summed E-state index contributed by atoms with van der Waals surface area (Å²) in [5, 5.41) is 3.44. The smallest absolute Gasteiger partial charge is 0.177 e. The molecular formula is C12H18N4. The number of nitrogens with zero attached hydrogens (tertiary/aromatic N) is 3. The van der Waals surface area contributed by atoms with Crippen molar-refractivity contribution in [2.24, 2.45) is 7.05 Å². The number of nitrogens with one attached hydrogen (secondary N) is 1. The highest BCUT2D eigenvalue weighted by Crippen LogP contribution is 2.11. The van der Waals surface area contributed by atoms with Crippen LogP contribution in [0.1, 0.15) is 26.1 Å². The van der Waals surface area contributed by atoms with Crippen molar-refractivity contribution < 1.29 is 0 Å². The lowest BCUT2D eigenvalue weighted by molar-refractivity contribution is 0.517. The maximum absolute atomic E-state index is 4.51. The van der Waals surface area contributed by atoms with Gasteiger partial charge in [0.05, 0.1) is 12.1 Å². The van der Waals surface area contributed by atoms with E-state index in [1.54, 1.807) is 6.20 Å². The van der Waals surface area contributed by atoms with Gasteiger partial charge in [0.1, 0.15) is 5.82 Å². The van der Waals surface area contributed by atoms with Crippen molar-refractivity contribution >= 4 is 11.2 Å². The number of rotatable bonds is 4. The lowest BCUT2D eigenvalue weighted by Crippen LogP contribution is -2.25. The third kappa shape index (κ3) is 2.07. The SMILES string of the molecule is CCC(C)NCc1nc2ncccc2n1C. The van der Waals surface area contributed by atoms with Crippen LogP contribution in [0, 0.1) is 0 Å². The van der Waals surface area contributed by atoms with Crippen LogP contribution in [0.3, 0.4) is 0 Å². The molecule has 4 nitrogen and oxygen atoms in total. The van der Waals surface area contributed by atoms with Gasteiger partial charge in [-0.05, 0) is 25.5 Å². The molecule has 2 heterocycles. The van der Waals surface area contributed by atoms with E-state index >= 15 is 0 Å². The molecule has 2 aromatic heterocycles. The summed E-state index contributed by atoms with van der Waals surface area (Å²) in [6.07, 6.45) is 2.91. The van der Waals surface area contributed by atoms with Crippen LogP contribution in [0.25, 0.3) is 11.2 Å². The van der Waals surface area contributed by atoms with Gasteiger partial charge in [-0.15, -0.1) is 0 Å². The molecule has 1 N–H and O–H groups in total. The molecular weight excluding hydrogens is 200 g/mol. The zero-order valence-electron chi connectivity index (χ0n) is 10.1. The molecule has 0 amide bonds. The van der Waals surface area contributed by atoms with E-state index in [1.807, 2.05) is 19.2 Å². The van der Waals surface area contributed by atoms with Crippen LogP contribution in [0.15, 0.2) is 18.3 Å². The minimum absolute atomic E-state index is 0.521. The second kappa shape index (κ2) is 4.61. The maximum atomic E-state index is 4.51. The molecule has 0 bridgehead atoms. The van der Waals surface area contributed by atoms with Crippen molar-refractivity contribution in [2.75, 3.05) is 0 Å². The molecule has 86 valence electrons. The highest BCUT2D eigenvalue weighted by atomic mass is 15.1. The van der Waals surface area contributed by atoms with Gasteiger partial charge >= 0.3 is 0 Å². The molecule has 0 aliphatic rings. The number of hydrogen-bond acceptors (Lipinski definition) is 3. The van der Waals surface area contributed by atoms with Crippen molar-refractivity contribution in [3.63, 3.8) is 0 Å². The van der Waals surface area contributed by atoms with Crippen LogP contribution in [0.4, 0.5) is 0 Å². The van der Waals surface area contributed by atoms with E-state index < -0.39 is 0 Å². The zero-order chi connectivity index (χ0) is 11.5. The van der Waals surface area contributed by atoms with Crippen molar-refractivity contribution in [2.45, 2.75) is 32.9 Å². The normalized spacial score (nSPS) is 13.2. The van der Waals surface area contributed by atoms with Gasteiger partial charge in [0.25, 0.3) is 0 Å². The first-order valence-electron chi connectivity index (χ1n) is 5.72. The molecule has 4 heteroatoms. The Morgan fingerprint density at radius 3 is 3.00 bits per heavy atom. The summed E-state index contributed by atoms with van der Waals surface area (Å²) in [4.78, 5) is 8.76. The summed E-state index contributed by atoms with van der Waals surface area (Å²) in [6.45, 7) is 5.15. The monoisotopic (exact) mass is 218 g/mol. The van der Waals surface area contributed by atoms with E-state index in [1.165, 1.54) is 0 Å². The second-order valence-electron chi connectivity index (χ2n) is 4.12. The van der Waals surface area contributed by atoms with Crippen LogP contribution in [0.2, 0.25) is 0 Å². The molecule has 1 atom stereocenters. The van der Waals surface area contributed by atoms with Crippen molar-refractivity contribution in [1.29, 1.82) is 0 Å². The molecule has 1 unspecified atom stereocenters. The van der Waals surface area contributed by atoms with E-state index in [-0.39, 0.29) is 0 Å². The maximum Gasteiger partial charge on any atom is 0.177 e. The molecule has 2 aromatic rings. The average Bonchev–Trinajstić information content (AvgIpc) is 2.64. The fourth-order valence-corrected chi connectivity index (χ4v) is 1.64. The summed E-state index contributed by atoms with van der Waals surface area (Å²) in [7, 11) is 2.03. The zero-order valence-corrected chi connectivity index (χ0v) is 10.1. The molecule has 0 aliphatic heterocycles. The summed E-state index contributed by atoms with van der Waals surface area (Å²) in [6, 6.07) is 4.51.